The van der Waals surface area contributed by atoms with Crippen molar-refractivity contribution in [1.29, 1.82) is 0 Å². The maximum atomic E-state index is 6.01. The molecular formula is C13H19NO. The van der Waals surface area contributed by atoms with Crippen LogP contribution in [0.1, 0.15) is 31.4 Å². The van der Waals surface area contributed by atoms with Crippen molar-refractivity contribution in [3.8, 4) is 0 Å². The van der Waals surface area contributed by atoms with E-state index in [4.69, 9.17) is 4.74 Å². The highest BCUT2D eigenvalue weighted by molar-refractivity contribution is 5.16. The summed E-state index contributed by atoms with van der Waals surface area (Å²) in [4.78, 5) is 0. The summed E-state index contributed by atoms with van der Waals surface area (Å²) in [7, 11) is 0. The highest BCUT2D eigenvalue weighted by Crippen LogP contribution is 2.20. The van der Waals surface area contributed by atoms with Crippen LogP contribution in [0.25, 0.3) is 0 Å². The van der Waals surface area contributed by atoms with E-state index in [1.54, 1.807) is 0 Å². The monoisotopic (exact) mass is 205 g/mol. The molecule has 1 N–H and O–H groups in total. The Balaban J connectivity index is 1.88. The molecule has 2 heteroatoms. The van der Waals surface area contributed by atoms with Crippen molar-refractivity contribution >= 4 is 0 Å². The van der Waals surface area contributed by atoms with Crippen molar-refractivity contribution in [2.24, 2.45) is 0 Å². The first-order valence-corrected chi connectivity index (χ1v) is 5.77. The van der Waals surface area contributed by atoms with Crippen molar-refractivity contribution in [3.05, 3.63) is 35.9 Å². The molecule has 1 aromatic carbocycles. The topological polar surface area (TPSA) is 21.3 Å². The average molecular weight is 205 g/mol. The van der Waals surface area contributed by atoms with Crippen LogP contribution < -0.4 is 5.32 Å². The van der Waals surface area contributed by atoms with Crippen LogP contribution in [0.2, 0.25) is 0 Å². The number of hydrogen-bond donors (Lipinski definition) is 1. The quantitative estimate of drug-likeness (QED) is 0.818. The van der Waals surface area contributed by atoms with E-state index in [2.05, 4.69) is 36.5 Å². The van der Waals surface area contributed by atoms with Gasteiger partial charge in [-0.25, -0.2) is 0 Å². The summed E-state index contributed by atoms with van der Waals surface area (Å²) in [6.07, 6.45) is 3.00. The smallest absolute Gasteiger partial charge is 0.0801 e. The Morgan fingerprint density at radius 2 is 2.13 bits per heavy atom. The summed E-state index contributed by atoms with van der Waals surface area (Å²) in [5, 5.41) is 3.37. The van der Waals surface area contributed by atoms with E-state index in [1.807, 2.05) is 6.07 Å². The number of rotatable bonds is 3. The van der Waals surface area contributed by atoms with Crippen LogP contribution in [0.3, 0.4) is 0 Å². The van der Waals surface area contributed by atoms with E-state index in [1.165, 1.54) is 18.4 Å². The van der Waals surface area contributed by atoms with Gasteiger partial charge in [0.05, 0.1) is 12.2 Å². The Hall–Kier alpha value is -0.860. The van der Waals surface area contributed by atoms with Crippen molar-refractivity contribution in [3.63, 3.8) is 0 Å². The Labute approximate surface area is 91.6 Å². The molecule has 0 aromatic heterocycles. The molecule has 1 heterocycles. The third kappa shape index (κ3) is 3.05. The third-order valence-corrected chi connectivity index (χ3v) is 2.92. The van der Waals surface area contributed by atoms with Gasteiger partial charge in [-0.3, -0.25) is 0 Å². The lowest BCUT2D eigenvalue weighted by Gasteiger charge is -2.26. The van der Waals surface area contributed by atoms with E-state index >= 15 is 0 Å². The predicted molar refractivity (Wildman–Crippen MR) is 61.8 cm³/mol. The second-order valence-corrected chi connectivity index (χ2v) is 4.16. The summed E-state index contributed by atoms with van der Waals surface area (Å²) in [6.45, 7) is 4.26. The first-order chi connectivity index (χ1) is 7.36. The SMILES string of the molecule is CC(OC1CCCNC1)c1ccccc1. The van der Waals surface area contributed by atoms with Crippen LogP contribution in [0.5, 0.6) is 0 Å². The fourth-order valence-electron chi connectivity index (χ4n) is 2.03. The molecule has 0 radical (unpaired) electrons. The normalized spacial score (nSPS) is 23.7. The van der Waals surface area contributed by atoms with Gasteiger partial charge in [-0.15, -0.1) is 0 Å². The van der Waals surface area contributed by atoms with Crippen molar-refractivity contribution < 1.29 is 4.74 Å². The van der Waals surface area contributed by atoms with Gasteiger partial charge in [0, 0.05) is 6.54 Å². The van der Waals surface area contributed by atoms with Gasteiger partial charge >= 0.3 is 0 Å². The Morgan fingerprint density at radius 1 is 1.33 bits per heavy atom. The molecule has 2 nitrogen and oxygen atoms in total. The molecule has 15 heavy (non-hydrogen) atoms. The van der Waals surface area contributed by atoms with Gasteiger partial charge in [0.25, 0.3) is 0 Å². The van der Waals surface area contributed by atoms with Crippen LogP contribution in [-0.4, -0.2) is 19.2 Å². The fraction of sp³-hybridized carbons (Fsp3) is 0.538. The highest BCUT2D eigenvalue weighted by atomic mass is 16.5. The van der Waals surface area contributed by atoms with Gasteiger partial charge in [0.1, 0.15) is 0 Å². The Bertz CT molecular complexity index is 280. The average Bonchev–Trinajstić information content (AvgIpc) is 2.31. The van der Waals surface area contributed by atoms with Gasteiger partial charge in [-0.2, -0.15) is 0 Å². The van der Waals surface area contributed by atoms with Gasteiger partial charge in [-0.05, 0) is 31.9 Å². The number of hydrogen-bond acceptors (Lipinski definition) is 2. The van der Waals surface area contributed by atoms with E-state index < -0.39 is 0 Å². The van der Waals surface area contributed by atoms with Crippen LogP contribution in [0, 0.1) is 0 Å². The molecule has 2 rings (SSSR count). The summed E-state index contributed by atoms with van der Waals surface area (Å²) in [6, 6.07) is 10.4. The second kappa shape index (κ2) is 5.29. The molecule has 0 aliphatic carbocycles. The van der Waals surface area contributed by atoms with E-state index in [0.29, 0.717) is 6.10 Å². The van der Waals surface area contributed by atoms with E-state index in [0.717, 1.165) is 13.1 Å². The van der Waals surface area contributed by atoms with Crippen molar-refractivity contribution in [1.82, 2.24) is 5.32 Å². The molecule has 0 spiro atoms. The third-order valence-electron chi connectivity index (χ3n) is 2.92. The maximum Gasteiger partial charge on any atom is 0.0801 e. The number of piperidine rings is 1. The molecule has 2 unspecified atom stereocenters. The summed E-state index contributed by atoms with van der Waals surface area (Å²) in [5.74, 6) is 0. The molecule has 2 atom stereocenters. The lowest BCUT2D eigenvalue weighted by atomic mass is 10.1. The first-order valence-electron chi connectivity index (χ1n) is 5.77. The van der Waals surface area contributed by atoms with E-state index in [9.17, 15) is 0 Å². The number of benzene rings is 1. The molecule has 1 aromatic rings. The molecule has 1 aliphatic rings. The molecule has 1 aliphatic heterocycles. The largest absolute Gasteiger partial charge is 0.369 e. The van der Waals surface area contributed by atoms with Gasteiger partial charge in [-0.1, -0.05) is 30.3 Å². The first kappa shape index (κ1) is 10.7. The predicted octanol–water partition coefficient (Wildman–Crippen LogP) is 2.52. The van der Waals surface area contributed by atoms with Crippen molar-refractivity contribution in [2.45, 2.75) is 32.0 Å². The lowest BCUT2D eigenvalue weighted by molar-refractivity contribution is -0.0149. The Kier molecular flexibility index (Phi) is 3.75. The molecule has 0 bridgehead atoms. The van der Waals surface area contributed by atoms with Crippen LogP contribution in [0.15, 0.2) is 30.3 Å². The number of nitrogens with one attached hydrogen (secondary N) is 1. The molecule has 1 fully saturated rings. The van der Waals surface area contributed by atoms with Crippen LogP contribution >= 0.6 is 0 Å². The zero-order valence-corrected chi connectivity index (χ0v) is 9.28. The zero-order chi connectivity index (χ0) is 10.5. The minimum absolute atomic E-state index is 0.205. The minimum atomic E-state index is 0.205. The van der Waals surface area contributed by atoms with Crippen LogP contribution in [0.4, 0.5) is 0 Å². The summed E-state index contributed by atoms with van der Waals surface area (Å²) >= 11 is 0. The standard InChI is InChI=1S/C13H19NO/c1-11(12-6-3-2-4-7-12)15-13-8-5-9-14-10-13/h2-4,6-7,11,13-14H,5,8-10H2,1H3. The highest BCUT2D eigenvalue weighted by Gasteiger charge is 2.16. The van der Waals surface area contributed by atoms with Gasteiger partial charge in [0.2, 0.25) is 0 Å². The fourth-order valence-corrected chi connectivity index (χ4v) is 2.03. The molecule has 1 saturated heterocycles. The lowest BCUT2D eigenvalue weighted by Crippen LogP contribution is -2.35. The minimum Gasteiger partial charge on any atom is -0.369 e. The maximum absolute atomic E-state index is 6.01. The molecule has 82 valence electrons. The zero-order valence-electron chi connectivity index (χ0n) is 9.28. The van der Waals surface area contributed by atoms with Gasteiger partial charge < -0.3 is 10.1 Å². The van der Waals surface area contributed by atoms with Crippen molar-refractivity contribution in [2.75, 3.05) is 13.1 Å². The summed E-state index contributed by atoms with van der Waals surface area (Å²) in [5.41, 5.74) is 1.27. The molecular weight excluding hydrogens is 186 g/mol. The second-order valence-electron chi connectivity index (χ2n) is 4.16. The Morgan fingerprint density at radius 3 is 2.80 bits per heavy atom. The molecule has 0 amide bonds. The summed E-state index contributed by atoms with van der Waals surface area (Å²) < 4.78 is 6.01. The van der Waals surface area contributed by atoms with Crippen LogP contribution in [-0.2, 0) is 4.74 Å². The van der Waals surface area contributed by atoms with E-state index in [-0.39, 0.29) is 6.10 Å². The van der Waals surface area contributed by atoms with Gasteiger partial charge in [0.15, 0.2) is 0 Å². The molecule has 0 saturated carbocycles. The number of ether oxygens (including phenoxy) is 1.